The third-order valence-corrected chi connectivity index (χ3v) is 7.03. The maximum absolute atomic E-state index is 13.4. The van der Waals surface area contributed by atoms with E-state index >= 15 is 0 Å². The zero-order valence-electron chi connectivity index (χ0n) is 20.3. The number of hydrogen-bond donors (Lipinski definition) is 2. The first-order valence-corrected chi connectivity index (χ1v) is 11.7. The number of piperidine rings is 1. The summed E-state index contributed by atoms with van der Waals surface area (Å²) in [5, 5.41) is 5.35. The van der Waals surface area contributed by atoms with Crippen molar-refractivity contribution >= 4 is 17.8 Å². The van der Waals surface area contributed by atoms with Crippen molar-refractivity contribution in [3.63, 3.8) is 0 Å². The summed E-state index contributed by atoms with van der Waals surface area (Å²) in [7, 11) is 4.50. The number of hydrogen-bond acceptors (Lipinski definition) is 6. The van der Waals surface area contributed by atoms with Gasteiger partial charge in [-0.1, -0.05) is 30.3 Å². The van der Waals surface area contributed by atoms with Crippen molar-refractivity contribution in [1.82, 2.24) is 15.5 Å². The second kappa shape index (κ2) is 10.2. The molecule has 2 aromatic carbocycles. The highest BCUT2D eigenvalue weighted by molar-refractivity contribution is 6.07. The summed E-state index contributed by atoms with van der Waals surface area (Å²) < 4.78 is 16.2. The van der Waals surface area contributed by atoms with Gasteiger partial charge in [0.05, 0.1) is 26.9 Å². The van der Waals surface area contributed by atoms with Gasteiger partial charge in [0.15, 0.2) is 11.5 Å². The molecule has 0 unspecified atom stereocenters. The molecule has 2 aliphatic rings. The molecule has 2 fully saturated rings. The minimum absolute atomic E-state index is 0.0889. The maximum Gasteiger partial charge on any atom is 0.322 e. The van der Waals surface area contributed by atoms with Crippen molar-refractivity contribution in [3.05, 3.63) is 53.6 Å². The number of amides is 4. The van der Waals surface area contributed by atoms with Gasteiger partial charge in [-0.25, -0.2) is 4.79 Å². The van der Waals surface area contributed by atoms with Crippen LogP contribution in [-0.4, -0.2) is 62.7 Å². The lowest BCUT2D eigenvalue weighted by Gasteiger charge is -2.41. The Bertz CT molecular complexity index is 1100. The number of methoxy groups -OCH3 is 3. The van der Waals surface area contributed by atoms with E-state index in [1.807, 2.05) is 30.3 Å². The molecule has 4 amide bonds. The highest BCUT2D eigenvalue weighted by Gasteiger charge is 2.52. The second-order valence-electron chi connectivity index (χ2n) is 8.81. The number of ether oxygens (including phenoxy) is 3. The minimum Gasteiger partial charge on any atom is -0.493 e. The molecular weight excluding hydrogens is 450 g/mol. The van der Waals surface area contributed by atoms with Crippen LogP contribution in [0.2, 0.25) is 0 Å². The summed E-state index contributed by atoms with van der Waals surface area (Å²) >= 11 is 0. The molecular formula is C26H31N3O6. The molecule has 2 N–H and O–H groups in total. The molecule has 1 atom stereocenters. The molecule has 9 nitrogen and oxygen atoms in total. The average molecular weight is 482 g/mol. The number of aryl methyl sites for hydroxylation is 1. The van der Waals surface area contributed by atoms with E-state index in [0.29, 0.717) is 61.6 Å². The first-order chi connectivity index (χ1) is 16.9. The van der Waals surface area contributed by atoms with Gasteiger partial charge >= 0.3 is 6.03 Å². The van der Waals surface area contributed by atoms with Crippen LogP contribution in [0.1, 0.15) is 35.2 Å². The van der Waals surface area contributed by atoms with Crippen LogP contribution in [-0.2, 0) is 11.2 Å². The molecule has 2 heterocycles. The molecule has 0 aliphatic carbocycles. The van der Waals surface area contributed by atoms with Gasteiger partial charge in [0.1, 0.15) is 5.54 Å². The fourth-order valence-corrected chi connectivity index (χ4v) is 5.17. The highest BCUT2D eigenvalue weighted by Crippen LogP contribution is 2.41. The van der Waals surface area contributed by atoms with Crippen LogP contribution in [0, 0.1) is 5.92 Å². The number of carbonyl (C=O) groups is 3. The molecule has 4 rings (SSSR count). The molecule has 0 radical (unpaired) electrons. The van der Waals surface area contributed by atoms with Gasteiger partial charge in [0.2, 0.25) is 5.75 Å². The third-order valence-electron chi connectivity index (χ3n) is 7.03. The summed E-state index contributed by atoms with van der Waals surface area (Å²) in [5.74, 6) is 0.600. The van der Waals surface area contributed by atoms with E-state index in [9.17, 15) is 14.4 Å². The predicted molar refractivity (Wildman–Crippen MR) is 129 cm³/mol. The molecule has 0 aromatic heterocycles. The molecule has 0 bridgehead atoms. The van der Waals surface area contributed by atoms with E-state index < -0.39 is 11.6 Å². The Hall–Kier alpha value is -3.75. The number of nitrogens with one attached hydrogen (secondary N) is 2. The predicted octanol–water partition coefficient (Wildman–Crippen LogP) is 2.78. The van der Waals surface area contributed by atoms with Crippen molar-refractivity contribution in [1.29, 1.82) is 0 Å². The van der Waals surface area contributed by atoms with Crippen LogP contribution < -0.4 is 24.8 Å². The monoisotopic (exact) mass is 481 g/mol. The summed E-state index contributed by atoms with van der Waals surface area (Å²) in [6, 6.07) is 12.8. The number of carbonyl (C=O) groups excluding carboxylic acids is 3. The van der Waals surface area contributed by atoms with Gasteiger partial charge < -0.3 is 24.4 Å². The Morgan fingerprint density at radius 2 is 1.66 bits per heavy atom. The molecule has 186 valence electrons. The second-order valence-corrected chi connectivity index (χ2v) is 8.81. The standard InChI is InChI=1S/C26H31N3O6/c1-33-20-10-9-19(21(34-2)22(20)35-3)23(30)29-15-12-18(13-16-29)26(24(31)27-25(32)28-26)14-11-17-7-5-4-6-8-17/h4-10,18H,11-16H2,1-3H3,(H2,27,28,31,32)/t26-/m1/s1. The number of nitrogens with zero attached hydrogens (tertiary/aromatic N) is 1. The van der Waals surface area contributed by atoms with Crippen LogP contribution in [0.5, 0.6) is 17.2 Å². The zero-order valence-corrected chi connectivity index (χ0v) is 20.3. The summed E-state index contributed by atoms with van der Waals surface area (Å²) in [6.45, 7) is 0.911. The van der Waals surface area contributed by atoms with Gasteiger partial charge in [0, 0.05) is 13.1 Å². The Morgan fingerprint density at radius 1 is 0.971 bits per heavy atom. The fourth-order valence-electron chi connectivity index (χ4n) is 5.17. The number of imide groups is 1. The topological polar surface area (TPSA) is 106 Å². The van der Waals surface area contributed by atoms with E-state index in [1.165, 1.54) is 21.3 Å². The lowest BCUT2D eigenvalue weighted by Crippen LogP contribution is -2.56. The van der Waals surface area contributed by atoms with Gasteiger partial charge in [-0.05, 0) is 49.3 Å². The van der Waals surface area contributed by atoms with E-state index in [0.717, 1.165) is 5.56 Å². The van der Waals surface area contributed by atoms with Crippen LogP contribution in [0.4, 0.5) is 4.79 Å². The third kappa shape index (κ3) is 4.62. The highest BCUT2D eigenvalue weighted by atomic mass is 16.5. The van der Waals surface area contributed by atoms with Crippen molar-refractivity contribution in [2.75, 3.05) is 34.4 Å². The SMILES string of the molecule is COc1ccc(C(=O)N2CCC([C@@]3(CCc4ccccc4)NC(=O)NC3=O)CC2)c(OC)c1OC. The largest absolute Gasteiger partial charge is 0.493 e. The quantitative estimate of drug-likeness (QED) is 0.562. The number of rotatable bonds is 8. The van der Waals surface area contributed by atoms with E-state index in [2.05, 4.69) is 10.6 Å². The van der Waals surface area contributed by atoms with E-state index in [-0.39, 0.29) is 17.7 Å². The molecule has 2 aromatic rings. The fraction of sp³-hybridized carbons (Fsp3) is 0.423. The first-order valence-electron chi connectivity index (χ1n) is 11.7. The van der Waals surface area contributed by atoms with Crippen LogP contribution >= 0.6 is 0 Å². The van der Waals surface area contributed by atoms with Gasteiger partial charge in [0.25, 0.3) is 11.8 Å². The van der Waals surface area contributed by atoms with Crippen molar-refractivity contribution < 1.29 is 28.6 Å². The maximum atomic E-state index is 13.4. The van der Waals surface area contributed by atoms with Crippen LogP contribution in [0.25, 0.3) is 0 Å². The average Bonchev–Trinajstić information content (AvgIpc) is 3.20. The minimum atomic E-state index is -0.983. The zero-order chi connectivity index (χ0) is 25.0. The number of benzene rings is 2. The Morgan fingerprint density at radius 3 is 2.23 bits per heavy atom. The molecule has 35 heavy (non-hydrogen) atoms. The lowest BCUT2D eigenvalue weighted by molar-refractivity contribution is -0.126. The summed E-state index contributed by atoms with van der Waals surface area (Å²) in [4.78, 5) is 40.2. The van der Waals surface area contributed by atoms with Crippen molar-refractivity contribution in [2.45, 2.75) is 31.2 Å². The summed E-state index contributed by atoms with van der Waals surface area (Å²) in [5.41, 5.74) is 0.506. The Labute approximate surface area is 204 Å². The molecule has 9 heteroatoms. The van der Waals surface area contributed by atoms with Gasteiger partial charge in [-0.15, -0.1) is 0 Å². The van der Waals surface area contributed by atoms with Crippen molar-refractivity contribution in [3.8, 4) is 17.2 Å². The number of urea groups is 1. The Kier molecular flexibility index (Phi) is 7.14. The molecule has 2 saturated heterocycles. The molecule has 0 spiro atoms. The summed E-state index contributed by atoms with van der Waals surface area (Å²) in [6.07, 6.45) is 2.33. The molecule has 2 aliphatic heterocycles. The molecule has 0 saturated carbocycles. The van der Waals surface area contributed by atoms with Crippen LogP contribution in [0.15, 0.2) is 42.5 Å². The normalized spacial score (nSPS) is 20.3. The smallest absolute Gasteiger partial charge is 0.322 e. The van der Waals surface area contributed by atoms with E-state index in [4.69, 9.17) is 14.2 Å². The van der Waals surface area contributed by atoms with Crippen LogP contribution in [0.3, 0.4) is 0 Å². The Balaban J connectivity index is 1.50. The van der Waals surface area contributed by atoms with E-state index in [1.54, 1.807) is 17.0 Å². The van der Waals surface area contributed by atoms with Gasteiger partial charge in [-0.3, -0.25) is 14.9 Å². The van der Waals surface area contributed by atoms with Crippen molar-refractivity contribution in [2.24, 2.45) is 5.92 Å². The lowest BCUT2D eigenvalue weighted by atomic mass is 9.74. The number of likely N-dealkylation sites (tertiary alicyclic amines) is 1. The van der Waals surface area contributed by atoms with Gasteiger partial charge in [-0.2, -0.15) is 0 Å². The first kappa shape index (κ1) is 24.4.